The van der Waals surface area contributed by atoms with E-state index in [1.807, 2.05) is 5.32 Å². The summed E-state index contributed by atoms with van der Waals surface area (Å²) in [6.45, 7) is 0. The highest BCUT2D eigenvalue weighted by molar-refractivity contribution is 5.63. The van der Waals surface area contributed by atoms with E-state index in [-0.39, 0.29) is 0 Å². The van der Waals surface area contributed by atoms with Crippen LogP contribution in [0.25, 0.3) is 0 Å². The lowest BCUT2D eigenvalue weighted by molar-refractivity contribution is 0.197. The molecule has 3 heteroatoms. The van der Waals surface area contributed by atoms with Crippen LogP contribution >= 0.6 is 0 Å². The summed E-state index contributed by atoms with van der Waals surface area (Å²) in [5.74, 6) is 0. The number of nitrogens with one attached hydrogen (secondary N) is 1. The van der Waals surface area contributed by atoms with Crippen molar-refractivity contribution in [1.82, 2.24) is 5.32 Å². The lowest BCUT2D eigenvalue weighted by Gasteiger charge is -2.05. The maximum Gasteiger partial charge on any atom is 0.404 e. The first-order valence-electron chi connectivity index (χ1n) is 4.18. The van der Waals surface area contributed by atoms with Crippen molar-refractivity contribution in [3.05, 3.63) is 0 Å². The van der Waals surface area contributed by atoms with Crippen molar-refractivity contribution in [3.63, 3.8) is 0 Å². The second-order valence-electron chi connectivity index (χ2n) is 2.68. The summed E-state index contributed by atoms with van der Waals surface area (Å²) in [6, 6.07) is 0. The maximum atomic E-state index is 9.26. The molecule has 0 atom stereocenters. The molecule has 0 saturated heterocycles. The highest BCUT2D eigenvalue weighted by Gasteiger charge is 1.95. The number of hydrogen-bond acceptors (Lipinski definition) is 1. The van der Waals surface area contributed by atoms with Gasteiger partial charge in [-0.1, -0.05) is 38.5 Å². The van der Waals surface area contributed by atoms with Crippen molar-refractivity contribution in [2.75, 3.05) is 7.05 Å². The second kappa shape index (κ2) is 7.38. The minimum atomic E-state index is -0.995. The van der Waals surface area contributed by atoms with Crippen LogP contribution in [0.3, 0.4) is 0 Å². The van der Waals surface area contributed by atoms with Crippen molar-refractivity contribution in [3.8, 4) is 0 Å². The zero-order chi connectivity index (χ0) is 8.53. The third-order valence-electron chi connectivity index (χ3n) is 1.71. The van der Waals surface area contributed by atoms with Gasteiger partial charge in [0.1, 0.15) is 0 Å². The molecule has 1 amide bonds. The predicted octanol–water partition coefficient (Wildman–Crippen LogP) is 2.22. The molecule has 0 aliphatic heterocycles. The van der Waals surface area contributed by atoms with E-state index in [2.05, 4.69) is 0 Å². The molecule has 3 nitrogen and oxygen atoms in total. The van der Waals surface area contributed by atoms with Gasteiger partial charge in [-0.2, -0.15) is 0 Å². The van der Waals surface area contributed by atoms with Gasteiger partial charge in [0, 0.05) is 7.05 Å². The largest absolute Gasteiger partial charge is 0.465 e. The van der Waals surface area contributed by atoms with Crippen molar-refractivity contribution in [2.24, 2.45) is 0 Å². The molecule has 0 aromatic rings. The molecule has 1 fully saturated rings. The Morgan fingerprint density at radius 1 is 1.09 bits per heavy atom. The van der Waals surface area contributed by atoms with E-state index in [4.69, 9.17) is 5.11 Å². The molecular formula is C8H17NO2. The smallest absolute Gasteiger partial charge is 0.404 e. The van der Waals surface area contributed by atoms with Gasteiger partial charge in [0.2, 0.25) is 0 Å². The molecule has 66 valence electrons. The standard InChI is InChI=1S/C6H12.C2H5NO2/c1-2-4-6-5-3-1;1-3-2(4)5/h1-6H2;3H,1H3,(H,4,5). The average Bonchev–Trinajstić information content (AvgIpc) is 2.09. The van der Waals surface area contributed by atoms with Gasteiger partial charge >= 0.3 is 6.09 Å². The number of amides is 1. The second-order valence-corrected chi connectivity index (χ2v) is 2.68. The Morgan fingerprint density at radius 2 is 1.27 bits per heavy atom. The highest BCUT2D eigenvalue weighted by atomic mass is 16.4. The first-order valence-corrected chi connectivity index (χ1v) is 4.18. The third kappa shape index (κ3) is 9.27. The van der Waals surface area contributed by atoms with Gasteiger partial charge in [-0.15, -0.1) is 0 Å². The van der Waals surface area contributed by atoms with E-state index in [0.717, 1.165) is 0 Å². The predicted molar refractivity (Wildman–Crippen MR) is 44.8 cm³/mol. The molecule has 1 aliphatic rings. The normalized spacial score (nSPS) is 16.1. The van der Waals surface area contributed by atoms with Gasteiger partial charge in [0.25, 0.3) is 0 Å². The highest BCUT2D eigenvalue weighted by Crippen LogP contribution is 2.15. The van der Waals surface area contributed by atoms with Crippen LogP contribution in [-0.4, -0.2) is 18.2 Å². The van der Waals surface area contributed by atoms with Crippen LogP contribution in [0.5, 0.6) is 0 Å². The first-order chi connectivity index (χ1) is 5.27. The van der Waals surface area contributed by atoms with Crippen molar-refractivity contribution < 1.29 is 9.90 Å². The van der Waals surface area contributed by atoms with Crippen LogP contribution in [0, 0.1) is 0 Å². The Bertz CT molecular complexity index is 88.8. The van der Waals surface area contributed by atoms with Crippen molar-refractivity contribution in [1.29, 1.82) is 0 Å². The van der Waals surface area contributed by atoms with Crippen molar-refractivity contribution in [2.45, 2.75) is 38.5 Å². The summed E-state index contributed by atoms with van der Waals surface area (Å²) in [6.07, 6.45) is 8.00. The third-order valence-corrected chi connectivity index (χ3v) is 1.71. The minimum Gasteiger partial charge on any atom is -0.465 e. The van der Waals surface area contributed by atoms with E-state index < -0.39 is 6.09 Å². The van der Waals surface area contributed by atoms with Gasteiger partial charge in [0.05, 0.1) is 0 Å². The summed E-state index contributed by atoms with van der Waals surface area (Å²) >= 11 is 0. The molecule has 0 heterocycles. The Balaban J connectivity index is 0.000000187. The molecule has 1 rings (SSSR count). The quantitative estimate of drug-likeness (QED) is 0.569. The molecule has 0 aromatic heterocycles. The lowest BCUT2D eigenvalue weighted by Crippen LogP contribution is -2.13. The van der Waals surface area contributed by atoms with Gasteiger partial charge in [0.15, 0.2) is 0 Å². The van der Waals surface area contributed by atoms with Gasteiger partial charge in [-0.05, 0) is 0 Å². The fourth-order valence-corrected chi connectivity index (χ4v) is 1.06. The number of rotatable bonds is 0. The molecule has 0 spiro atoms. The number of carbonyl (C=O) groups is 1. The first kappa shape index (κ1) is 10.3. The van der Waals surface area contributed by atoms with Crippen molar-refractivity contribution >= 4 is 6.09 Å². The molecule has 1 aliphatic carbocycles. The van der Waals surface area contributed by atoms with E-state index >= 15 is 0 Å². The molecule has 11 heavy (non-hydrogen) atoms. The Kier molecular flexibility index (Phi) is 6.89. The Labute approximate surface area is 67.8 Å². The fraction of sp³-hybridized carbons (Fsp3) is 0.875. The maximum absolute atomic E-state index is 9.26. The number of carboxylic acid groups (broad SMARTS) is 1. The van der Waals surface area contributed by atoms with E-state index in [1.54, 1.807) is 0 Å². The minimum absolute atomic E-state index is 0.995. The van der Waals surface area contributed by atoms with Crippen LogP contribution in [0.1, 0.15) is 38.5 Å². The van der Waals surface area contributed by atoms with Crippen LogP contribution in [0.15, 0.2) is 0 Å². The Morgan fingerprint density at radius 3 is 1.36 bits per heavy atom. The average molecular weight is 159 g/mol. The summed E-state index contributed by atoms with van der Waals surface area (Å²) in [5, 5.41) is 9.56. The molecule has 0 radical (unpaired) electrons. The van der Waals surface area contributed by atoms with Gasteiger partial charge in [-0.25, -0.2) is 4.79 Å². The molecular weight excluding hydrogens is 142 g/mol. The van der Waals surface area contributed by atoms with Crippen LogP contribution in [0.4, 0.5) is 4.79 Å². The monoisotopic (exact) mass is 159 g/mol. The molecule has 0 bridgehead atoms. The summed E-state index contributed by atoms with van der Waals surface area (Å²) in [4.78, 5) is 9.26. The summed E-state index contributed by atoms with van der Waals surface area (Å²) in [5.41, 5.74) is 0. The van der Waals surface area contributed by atoms with Crippen LogP contribution in [0.2, 0.25) is 0 Å². The lowest BCUT2D eigenvalue weighted by atomic mass is 10.0. The summed E-state index contributed by atoms with van der Waals surface area (Å²) < 4.78 is 0. The van der Waals surface area contributed by atoms with E-state index in [1.165, 1.54) is 45.6 Å². The zero-order valence-electron chi connectivity index (χ0n) is 7.10. The Hall–Kier alpha value is -0.730. The molecule has 1 saturated carbocycles. The van der Waals surface area contributed by atoms with Crippen LogP contribution in [-0.2, 0) is 0 Å². The van der Waals surface area contributed by atoms with E-state index in [0.29, 0.717) is 0 Å². The summed E-state index contributed by atoms with van der Waals surface area (Å²) in [7, 11) is 1.35. The SMILES string of the molecule is C1CCCCC1.CNC(=O)O. The molecule has 0 unspecified atom stereocenters. The fourth-order valence-electron chi connectivity index (χ4n) is 1.06. The van der Waals surface area contributed by atoms with Gasteiger partial charge in [-0.3, -0.25) is 0 Å². The molecule has 0 aromatic carbocycles. The van der Waals surface area contributed by atoms with Gasteiger partial charge < -0.3 is 10.4 Å². The number of hydrogen-bond donors (Lipinski definition) is 2. The topological polar surface area (TPSA) is 49.3 Å². The van der Waals surface area contributed by atoms with E-state index in [9.17, 15) is 4.79 Å². The van der Waals surface area contributed by atoms with Crippen LogP contribution < -0.4 is 5.32 Å². The molecule has 2 N–H and O–H groups in total. The zero-order valence-corrected chi connectivity index (χ0v) is 7.10.